The van der Waals surface area contributed by atoms with E-state index in [1.54, 1.807) is 24.3 Å². The van der Waals surface area contributed by atoms with Crippen molar-refractivity contribution in [2.24, 2.45) is 5.41 Å². The van der Waals surface area contributed by atoms with Gasteiger partial charge in [0.1, 0.15) is 5.78 Å². The molecule has 1 aliphatic carbocycles. The normalized spacial score (nSPS) is 16.7. The smallest absolute Gasteiger partial charge is 0.157 e. The average molecular weight is 342 g/mol. The second-order valence-electron chi connectivity index (χ2n) is 7.04. The van der Waals surface area contributed by atoms with Crippen molar-refractivity contribution in [2.75, 3.05) is 0 Å². The zero-order chi connectivity index (χ0) is 18.0. The van der Waals surface area contributed by atoms with Crippen LogP contribution < -0.4 is 0 Å². The summed E-state index contributed by atoms with van der Waals surface area (Å²) in [5.74, 6) is -0.346. The number of hydrogen-bond acceptors (Lipinski definition) is 5. The summed E-state index contributed by atoms with van der Waals surface area (Å²) in [5.41, 5.74) is 1.63. The highest BCUT2D eigenvalue weighted by molar-refractivity contribution is 5.79. The highest BCUT2D eigenvalue weighted by Crippen LogP contribution is 2.42. The Bertz CT molecular complexity index is 731. The van der Waals surface area contributed by atoms with E-state index in [0.717, 1.165) is 24.0 Å². The van der Waals surface area contributed by atoms with E-state index in [1.807, 2.05) is 0 Å². The molecule has 0 atom stereocenters. The van der Waals surface area contributed by atoms with Crippen molar-refractivity contribution in [1.29, 1.82) is 0 Å². The molecule has 0 saturated heterocycles. The minimum atomic E-state index is -0.166. The summed E-state index contributed by atoms with van der Waals surface area (Å²) < 4.78 is 0. The largest absolute Gasteiger partial charge is 0.504 e. The molecule has 2 aromatic carbocycles. The van der Waals surface area contributed by atoms with Crippen LogP contribution in [0.25, 0.3) is 0 Å². The SMILES string of the molecule is O=C1CCC(Cc2ccc(O)c(O)c2)(Cc2ccc(O)c(O)c2)CC1. The van der Waals surface area contributed by atoms with Crippen LogP contribution in [-0.4, -0.2) is 26.2 Å². The second kappa shape index (κ2) is 6.67. The van der Waals surface area contributed by atoms with Gasteiger partial charge in [0.25, 0.3) is 0 Å². The number of carbonyl (C=O) groups excluding carboxylic acids is 1. The van der Waals surface area contributed by atoms with Gasteiger partial charge in [0.2, 0.25) is 0 Å². The van der Waals surface area contributed by atoms with Gasteiger partial charge in [0.15, 0.2) is 23.0 Å². The van der Waals surface area contributed by atoms with Crippen molar-refractivity contribution in [2.45, 2.75) is 38.5 Å². The van der Waals surface area contributed by atoms with Gasteiger partial charge >= 0.3 is 0 Å². The Morgan fingerprint density at radius 3 is 1.56 bits per heavy atom. The Labute approximate surface area is 146 Å². The molecule has 0 amide bonds. The molecule has 4 N–H and O–H groups in total. The summed E-state index contributed by atoms with van der Waals surface area (Å²) in [7, 11) is 0. The average Bonchev–Trinajstić information content (AvgIpc) is 2.57. The third-order valence-corrected chi connectivity index (χ3v) is 5.11. The van der Waals surface area contributed by atoms with Crippen LogP contribution in [-0.2, 0) is 17.6 Å². The highest BCUT2D eigenvalue weighted by atomic mass is 16.3. The first-order valence-corrected chi connectivity index (χ1v) is 8.40. The second-order valence-corrected chi connectivity index (χ2v) is 7.04. The fourth-order valence-electron chi connectivity index (χ4n) is 3.70. The maximum atomic E-state index is 11.7. The lowest BCUT2D eigenvalue weighted by Crippen LogP contribution is -2.32. The topological polar surface area (TPSA) is 98.0 Å². The molecule has 3 rings (SSSR count). The fraction of sp³-hybridized carbons (Fsp3) is 0.350. The van der Waals surface area contributed by atoms with Crippen molar-refractivity contribution >= 4 is 5.78 Å². The maximum Gasteiger partial charge on any atom is 0.157 e. The number of rotatable bonds is 4. The van der Waals surface area contributed by atoms with Gasteiger partial charge in [-0.05, 0) is 66.5 Å². The number of aromatic hydroxyl groups is 4. The monoisotopic (exact) mass is 342 g/mol. The number of ketones is 1. The summed E-state index contributed by atoms with van der Waals surface area (Å²) in [6.45, 7) is 0. The van der Waals surface area contributed by atoms with Crippen LogP contribution in [0.2, 0.25) is 0 Å². The number of benzene rings is 2. The first kappa shape index (κ1) is 17.1. The zero-order valence-corrected chi connectivity index (χ0v) is 13.9. The van der Waals surface area contributed by atoms with E-state index < -0.39 is 0 Å². The lowest BCUT2D eigenvalue weighted by Gasteiger charge is -2.37. The van der Waals surface area contributed by atoms with E-state index in [2.05, 4.69) is 0 Å². The first-order valence-electron chi connectivity index (χ1n) is 8.40. The zero-order valence-electron chi connectivity index (χ0n) is 13.9. The Balaban J connectivity index is 1.88. The predicted molar refractivity (Wildman–Crippen MR) is 92.9 cm³/mol. The lowest BCUT2D eigenvalue weighted by atomic mass is 9.67. The Morgan fingerprint density at radius 1 is 0.720 bits per heavy atom. The molecule has 0 aromatic heterocycles. The van der Waals surface area contributed by atoms with Gasteiger partial charge in [-0.25, -0.2) is 0 Å². The molecule has 1 saturated carbocycles. The third kappa shape index (κ3) is 3.87. The molecule has 2 aromatic rings. The van der Waals surface area contributed by atoms with Gasteiger partial charge in [-0.2, -0.15) is 0 Å². The minimum absolute atomic E-state index is 0.151. The highest BCUT2D eigenvalue weighted by Gasteiger charge is 2.35. The van der Waals surface area contributed by atoms with Gasteiger partial charge in [-0.15, -0.1) is 0 Å². The van der Waals surface area contributed by atoms with Crippen molar-refractivity contribution in [3.05, 3.63) is 47.5 Å². The maximum absolute atomic E-state index is 11.7. The summed E-state index contributed by atoms with van der Waals surface area (Å²) in [5, 5.41) is 38.5. The standard InChI is InChI=1S/C20H22O5/c21-15-5-7-20(8-6-15,11-13-1-3-16(22)18(24)9-13)12-14-2-4-17(23)19(25)10-14/h1-4,9-10,22-25H,5-8,11-12H2. The minimum Gasteiger partial charge on any atom is -0.504 e. The number of phenolic OH excluding ortho intramolecular Hbond substituents is 4. The molecule has 5 nitrogen and oxygen atoms in total. The molecule has 0 spiro atoms. The van der Waals surface area contributed by atoms with Crippen LogP contribution in [0.15, 0.2) is 36.4 Å². The van der Waals surface area contributed by atoms with Crippen LogP contribution in [0, 0.1) is 5.41 Å². The molecule has 132 valence electrons. The fourth-order valence-corrected chi connectivity index (χ4v) is 3.70. The molecule has 5 heteroatoms. The summed E-state index contributed by atoms with van der Waals surface area (Å²) in [6.07, 6.45) is 3.83. The molecule has 0 aliphatic heterocycles. The van der Waals surface area contributed by atoms with Crippen LogP contribution >= 0.6 is 0 Å². The van der Waals surface area contributed by atoms with E-state index in [1.165, 1.54) is 12.1 Å². The van der Waals surface area contributed by atoms with Crippen molar-refractivity contribution < 1.29 is 25.2 Å². The number of carbonyl (C=O) groups is 1. The molecular formula is C20H22O5. The van der Waals surface area contributed by atoms with E-state index >= 15 is 0 Å². The molecule has 1 fully saturated rings. The van der Waals surface area contributed by atoms with Crippen molar-refractivity contribution in [3.8, 4) is 23.0 Å². The molecule has 0 radical (unpaired) electrons. The summed E-state index contributed by atoms with van der Waals surface area (Å²) in [6, 6.07) is 9.62. The van der Waals surface area contributed by atoms with Crippen LogP contribution in [0.5, 0.6) is 23.0 Å². The van der Waals surface area contributed by atoms with Gasteiger partial charge in [0, 0.05) is 12.8 Å². The Kier molecular flexibility index (Phi) is 4.57. The predicted octanol–water partition coefficient (Wildman–Crippen LogP) is 3.42. The van der Waals surface area contributed by atoms with Gasteiger partial charge < -0.3 is 20.4 Å². The Morgan fingerprint density at radius 2 is 1.16 bits per heavy atom. The quantitative estimate of drug-likeness (QED) is 0.638. The number of Topliss-reactive ketones (excluding diaryl/α,β-unsaturated/α-hetero) is 1. The van der Waals surface area contributed by atoms with Crippen LogP contribution in [0.4, 0.5) is 0 Å². The van der Waals surface area contributed by atoms with Gasteiger partial charge in [-0.3, -0.25) is 4.79 Å². The van der Waals surface area contributed by atoms with Crippen LogP contribution in [0.1, 0.15) is 36.8 Å². The van der Waals surface area contributed by atoms with Crippen LogP contribution in [0.3, 0.4) is 0 Å². The van der Waals surface area contributed by atoms with Crippen molar-refractivity contribution in [1.82, 2.24) is 0 Å². The Hall–Kier alpha value is -2.69. The van der Waals surface area contributed by atoms with E-state index in [-0.39, 0.29) is 34.2 Å². The van der Waals surface area contributed by atoms with E-state index in [4.69, 9.17) is 0 Å². The third-order valence-electron chi connectivity index (χ3n) is 5.11. The molecule has 0 unspecified atom stereocenters. The summed E-state index contributed by atoms with van der Waals surface area (Å²) >= 11 is 0. The molecule has 0 bridgehead atoms. The first-order chi connectivity index (χ1) is 11.9. The van der Waals surface area contributed by atoms with E-state index in [0.29, 0.717) is 25.7 Å². The molecule has 0 heterocycles. The van der Waals surface area contributed by atoms with Gasteiger partial charge in [0.05, 0.1) is 0 Å². The number of phenols is 4. The number of hydrogen-bond donors (Lipinski definition) is 4. The summed E-state index contributed by atoms with van der Waals surface area (Å²) in [4.78, 5) is 11.7. The molecule has 25 heavy (non-hydrogen) atoms. The molecular weight excluding hydrogens is 320 g/mol. The van der Waals surface area contributed by atoms with Crippen molar-refractivity contribution in [3.63, 3.8) is 0 Å². The molecule has 1 aliphatic rings. The van der Waals surface area contributed by atoms with Gasteiger partial charge in [-0.1, -0.05) is 12.1 Å². The van der Waals surface area contributed by atoms with E-state index in [9.17, 15) is 25.2 Å². The lowest BCUT2D eigenvalue weighted by molar-refractivity contribution is -0.122.